The fourth-order valence-corrected chi connectivity index (χ4v) is 3.06. The highest BCUT2D eigenvalue weighted by Gasteiger charge is 2.19. The zero-order chi connectivity index (χ0) is 19.1. The average molecular weight is 343 g/mol. The number of carbonyl (C=O) groups is 1. The van der Waals surface area contributed by atoms with Crippen LogP contribution in [0, 0.1) is 25.2 Å². The molecule has 5 heteroatoms. The normalized spacial score (nSPS) is 12.6. The van der Waals surface area contributed by atoms with Crippen molar-refractivity contribution in [2.24, 2.45) is 0 Å². The van der Waals surface area contributed by atoms with E-state index in [1.165, 1.54) is 0 Å². The fourth-order valence-electron chi connectivity index (χ4n) is 3.06. The van der Waals surface area contributed by atoms with Crippen LogP contribution in [0.25, 0.3) is 6.08 Å². The Morgan fingerprint density at radius 1 is 1.52 bits per heavy atom. The molecule has 0 saturated heterocycles. The Hall–Kier alpha value is -2.32. The third-order valence-electron chi connectivity index (χ3n) is 4.15. The molecule has 0 aliphatic heterocycles. The molecule has 0 saturated carbocycles. The summed E-state index contributed by atoms with van der Waals surface area (Å²) < 4.78 is 7.41. The van der Waals surface area contributed by atoms with Gasteiger partial charge < -0.3 is 14.2 Å². The van der Waals surface area contributed by atoms with Gasteiger partial charge in [-0.25, -0.2) is 0 Å². The maximum Gasteiger partial charge on any atom is 0.264 e. The zero-order valence-corrected chi connectivity index (χ0v) is 16.2. The minimum absolute atomic E-state index is 0.141. The highest BCUT2D eigenvalue weighted by molar-refractivity contribution is 6.01. The second kappa shape index (κ2) is 9.24. The summed E-state index contributed by atoms with van der Waals surface area (Å²) in [6, 6.07) is 4.24. The SMILES string of the molecule is C=C(C)CN(CC)C(=O)/C(C#N)=C\c1cc(C)n([C@H](C)COC)c1C. The van der Waals surface area contributed by atoms with Crippen molar-refractivity contribution in [2.45, 2.75) is 40.7 Å². The molecule has 0 bridgehead atoms. The molecule has 1 heterocycles. The topological polar surface area (TPSA) is 58.3 Å². The van der Waals surface area contributed by atoms with Crippen molar-refractivity contribution < 1.29 is 9.53 Å². The van der Waals surface area contributed by atoms with Gasteiger partial charge in [0, 0.05) is 31.6 Å². The largest absolute Gasteiger partial charge is 0.383 e. The summed E-state index contributed by atoms with van der Waals surface area (Å²) in [6.07, 6.45) is 1.68. The highest BCUT2D eigenvalue weighted by Crippen LogP contribution is 2.23. The molecule has 0 N–H and O–H groups in total. The van der Waals surface area contributed by atoms with E-state index < -0.39 is 0 Å². The van der Waals surface area contributed by atoms with Crippen LogP contribution in [0.3, 0.4) is 0 Å². The van der Waals surface area contributed by atoms with Crippen molar-refractivity contribution in [2.75, 3.05) is 26.8 Å². The maximum atomic E-state index is 12.7. The number of likely N-dealkylation sites (N-methyl/N-ethyl adjacent to an activating group) is 1. The second-order valence-electron chi connectivity index (χ2n) is 6.45. The molecule has 1 amide bonds. The lowest BCUT2D eigenvalue weighted by Crippen LogP contribution is -2.33. The van der Waals surface area contributed by atoms with Gasteiger partial charge in [-0.05, 0) is 52.3 Å². The van der Waals surface area contributed by atoms with Crippen LogP contribution in [0.15, 0.2) is 23.8 Å². The van der Waals surface area contributed by atoms with Crippen molar-refractivity contribution in [1.29, 1.82) is 5.26 Å². The Labute approximate surface area is 151 Å². The average Bonchev–Trinajstić information content (AvgIpc) is 2.83. The van der Waals surface area contributed by atoms with Gasteiger partial charge in [-0.15, -0.1) is 0 Å². The summed E-state index contributed by atoms with van der Waals surface area (Å²) >= 11 is 0. The third kappa shape index (κ3) is 5.07. The number of aromatic nitrogens is 1. The smallest absolute Gasteiger partial charge is 0.264 e. The van der Waals surface area contributed by atoms with Gasteiger partial charge in [0.1, 0.15) is 11.6 Å². The molecule has 25 heavy (non-hydrogen) atoms. The minimum atomic E-state index is -0.261. The molecular weight excluding hydrogens is 314 g/mol. The lowest BCUT2D eigenvalue weighted by atomic mass is 10.1. The Balaban J connectivity index is 3.23. The van der Waals surface area contributed by atoms with Gasteiger partial charge >= 0.3 is 0 Å². The van der Waals surface area contributed by atoms with Crippen LogP contribution in [0.5, 0.6) is 0 Å². The summed E-state index contributed by atoms with van der Waals surface area (Å²) in [5, 5.41) is 9.48. The predicted octanol–water partition coefficient (Wildman–Crippen LogP) is 3.64. The van der Waals surface area contributed by atoms with Crippen molar-refractivity contribution >= 4 is 12.0 Å². The molecule has 0 aliphatic rings. The van der Waals surface area contributed by atoms with E-state index in [4.69, 9.17) is 4.74 Å². The fraction of sp³-hybridized carbons (Fsp3) is 0.500. The number of hydrogen-bond acceptors (Lipinski definition) is 3. The van der Waals surface area contributed by atoms with Crippen LogP contribution in [0.2, 0.25) is 0 Å². The van der Waals surface area contributed by atoms with E-state index in [0.717, 1.165) is 22.5 Å². The molecule has 136 valence electrons. The number of nitriles is 1. The molecule has 1 aromatic rings. The Morgan fingerprint density at radius 3 is 2.64 bits per heavy atom. The number of methoxy groups -OCH3 is 1. The molecule has 0 radical (unpaired) electrons. The number of rotatable bonds is 8. The number of carbonyl (C=O) groups excluding carboxylic acids is 1. The minimum Gasteiger partial charge on any atom is -0.383 e. The van der Waals surface area contributed by atoms with E-state index in [9.17, 15) is 10.1 Å². The molecule has 0 aromatic carbocycles. The summed E-state index contributed by atoms with van der Waals surface area (Å²) in [7, 11) is 1.68. The number of amides is 1. The monoisotopic (exact) mass is 343 g/mol. The molecule has 0 spiro atoms. The first-order valence-electron chi connectivity index (χ1n) is 8.49. The molecular formula is C20H29N3O2. The van der Waals surface area contributed by atoms with Crippen LogP contribution in [0.1, 0.15) is 43.8 Å². The van der Waals surface area contributed by atoms with E-state index in [2.05, 4.69) is 24.1 Å². The van der Waals surface area contributed by atoms with Crippen LogP contribution in [-0.2, 0) is 9.53 Å². The quantitative estimate of drug-likeness (QED) is 0.411. The van der Waals surface area contributed by atoms with Crippen LogP contribution >= 0.6 is 0 Å². The first kappa shape index (κ1) is 20.7. The van der Waals surface area contributed by atoms with Crippen molar-refractivity contribution in [1.82, 2.24) is 9.47 Å². The highest BCUT2D eigenvalue weighted by atomic mass is 16.5. The molecule has 1 aromatic heterocycles. The number of hydrogen-bond donors (Lipinski definition) is 0. The summed E-state index contributed by atoms with van der Waals surface area (Å²) in [6.45, 7) is 15.3. The van der Waals surface area contributed by atoms with Gasteiger partial charge in [-0.1, -0.05) is 12.2 Å². The summed E-state index contributed by atoms with van der Waals surface area (Å²) in [5.41, 5.74) is 4.01. The second-order valence-corrected chi connectivity index (χ2v) is 6.45. The Morgan fingerprint density at radius 2 is 2.16 bits per heavy atom. The Kier molecular flexibility index (Phi) is 7.66. The van der Waals surface area contributed by atoms with Crippen molar-refractivity contribution in [3.8, 4) is 6.07 Å². The molecule has 1 atom stereocenters. The van der Waals surface area contributed by atoms with E-state index in [1.54, 1.807) is 18.1 Å². The van der Waals surface area contributed by atoms with Crippen molar-refractivity contribution in [3.05, 3.63) is 40.7 Å². The van der Waals surface area contributed by atoms with Gasteiger partial charge in [0.05, 0.1) is 12.6 Å². The van der Waals surface area contributed by atoms with Gasteiger partial charge in [0.25, 0.3) is 5.91 Å². The molecule has 0 unspecified atom stereocenters. The van der Waals surface area contributed by atoms with E-state index >= 15 is 0 Å². The number of ether oxygens (including phenoxy) is 1. The molecule has 0 aliphatic carbocycles. The van der Waals surface area contributed by atoms with Crippen LogP contribution in [0.4, 0.5) is 0 Å². The first-order chi connectivity index (χ1) is 11.8. The lowest BCUT2D eigenvalue weighted by molar-refractivity contribution is -0.126. The van der Waals surface area contributed by atoms with Crippen molar-refractivity contribution in [3.63, 3.8) is 0 Å². The van der Waals surface area contributed by atoms with Gasteiger partial charge in [-0.2, -0.15) is 5.26 Å². The van der Waals surface area contributed by atoms with Gasteiger partial charge in [0.15, 0.2) is 0 Å². The molecule has 5 nitrogen and oxygen atoms in total. The summed E-state index contributed by atoms with van der Waals surface area (Å²) in [5.74, 6) is -0.261. The van der Waals surface area contributed by atoms with Gasteiger partial charge in [-0.3, -0.25) is 4.79 Å². The van der Waals surface area contributed by atoms with Crippen LogP contribution in [-0.4, -0.2) is 42.2 Å². The number of aryl methyl sites for hydroxylation is 1. The van der Waals surface area contributed by atoms with Gasteiger partial charge in [0.2, 0.25) is 0 Å². The van der Waals surface area contributed by atoms with E-state index in [1.807, 2.05) is 33.8 Å². The molecule has 1 rings (SSSR count). The lowest BCUT2D eigenvalue weighted by Gasteiger charge is -2.20. The number of nitrogens with zero attached hydrogens (tertiary/aromatic N) is 3. The predicted molar refractivity (Wildman–Crippen MR) is 101 cm³/mol. The third-order valence-corrected chi connectivity index (χ3v) is 4.15. The Bertz CT molecular complexity index is 707. The maximum absolute atomic E-state index is 12.7. The van der Waals surface area contributed by atoms with Crippen LogP contribution < -0.4 is 0 Å². The first-order valence-corrected chi connectivity index (χ1v) is 8.49. The summed E-state index contributed by atoms with van der Waals surface area (Å²) in [4.78, 5) is 14.3. The standard InChI is InChI=1S/C20H29N3O2/c1-8-22(12-14(2)3)20(24)19(11-21)10-18-9-15(4)23(17(18)6)16(5)13-25-7/h9-10,16H,2,8,12-13H2,1,3-7H3/b19-10-/t16-/m1/s1. The van der Waals surface area contributed by atoms with E-state index in [-0.39, 0.29) is 17.5 Å². The van der Waals surface area contributed by atoms with E-state index in [0.29, 0.717) is 19.7 Å². The molecule has 0 fully saturated rings. The zero-order valence-electron chi connectivity index (χ0n) is 16.2.